The van der Waals surface area contributed by atoms with Gasteiger partial charge in [-0.2, -0.15) is 0 Å². The molecule has 1 aliphatic heterocycles. The van der Waals surface area contributed by atoms with Crippen LogP contribution in [-0.4, -0.2) is 50.5 Å². The minimum atomic E-state index is -0.0238. The zero-order valence-corrected chi connectivity index (χ0v) is 17.8. The van der Waals surface area contributed by atoms with Gasteiger partial charge >= 0.3 is 0 Å². The summed E-state index contributed by atoms with van der Waals surface area (Å²) in [5, 5.41) is 16.7. The first-order valence-electron chi connectivity index (χ1n) is 8.63. The van der Waals surface area contributed by atoms with Crippen LogP contribution in [0.25, 0.3) is 0 Å². The van der Waals surface area contributed by atoms with Crippen molar-refractivity contribution in [2.24, 2.45) is 10.4 Å². The van der Waals surface area contributed by atoms with Crippen LogP contribution in [-0.2, 0) is 11.2 Å². The van der Waals surface area contributed by atoms with Crippen molar-refractivity contribution in [3.8, 4) is 0 Å². The average molecular weight is 482 g/mol. The zero-order chi connectivity index (χ0) is 17.3. The Morgan fingerprint density at radius 3 is 2.88 bits per heavy atom. The first-order valence-corrected chi connectivity index (χ1v) is 9.00. The Morgan fingerprint density at radius 1 is 1.40 bits per heavy atom. The highest BCUT2D eigenvalue weighted by Crippen LogP contribution is 2.32. The second-order valence-electron chi connectivity index (χ2n) is 6.28. The van der Waals surface area contributed by atoms with Gasteiger partial charge < -0.3 is 20.5 Å². The lowest BCUT2D eigenvalue weighted by Gasteiger charge is -2.24. The molecule has 25 heavy (non-hydrogen) atoms. The number of halogens is 2. The molecule has 0 spiro atoms. The SMILES string of the molecule is CCNC(=NCC1(CCO)CCOC1)NCCc1cccc(Cl)c1.I. The summed E-state index contributed by atoms with van der Waals surface area (Å²) in [5.74, 6) is 0.809. The second kappa shape index (κ2) is 11.9. The number of guanidine groups is 1. The molecule has 1 aromatic rings. The van der Waals surface area contributed by atoms with Crippen LogP contribution >= 0.6 is 35.6 Å². The van der Waals surface area contributed by atoms with Gasteiger partial charge in [0, 0.05) is 36.7 Å². The van der Waals surface area contributed by atoms with Gasteiger partial charge in [0.05, 0.1) is 13.2 Å². The van der Waals surface area contributed by atoms with E-state index in [1.807, 2.05) is 18.2 Å². The molecule has 0 bridgehead atoms. The van der Waals surface area contributed by atoms with Gasteiger partial charge in [0.2, 0.25) is 0 Å². The highest BCUT2D eigenvalue weighted by atomic mass is 127. The summed E-state index contributed by atoms with van der Waals surface area (Å²) in [6.07, 6.45) is 2.58. The minimum absolute atomic E-state index is 0. The number of aliphatic imine (C=N–C) groups is 1. The third-order valence-corrected chi connectivity index (χ3v) is 4.57. The Bertz CT molecular complexity index is 537. The van der Waals surface area contributed by atoms with Gasteiger partial charge in [-0.15, -0.1) is 24.0 Å². The number of aliphatic hydroxyl groups excluding tert-OH is 1. The molecule has 142 valence electrons. The van der Waals surface area contributed by atoms with Crippen molar-refractivity contribution in [1.82, 2.24) is 10.6 Å². The topological polar surface area (TPSA) is 65.9 Å². The van der Waals surface area contributed by atoms with Gasteiger partial charge in [-0.1, -0.05) is 23.7 Å². The fraction of sp³-hybridized carbons (Fsp3) is 0.611. The van der Waals surface area contributed by atoms with Crippen molar-refractivity contribution in [3.05, 3.63) is 34.9 Å². The summed E-state index contributed by atoms with van der Waals surface area (Å²) >= 11 is 6.01. The third-order valence-electron chi connectivity index (χ3n) is 4.34. The number of benzene rings is 1. The molecule has 1 fully saturated rings. The number of hydrogen-bond donors (Lipinski definition) is 3. The third kappa shape index (κ3) is 7.68. The van der Waals surface area contributed by atoms with E-state index in [-0.39, 0.29) is 36.0 Å². The molecule has 7 heteroatoms. The predicted octanol–water partition coefficient (Wildman–Crippen LogP) is 2.84. The fourth-order valence-corrected chi connectivity index (χ4v) is 3.11. The van der Waals surface area contributed by atoms with Gasteiger partial charge in [0.1, 0.15) is 0 Å². The number of rotatable bonds is 8. The number of nitrogens with one attached hydrogen (secondary N) is 2. The fourth-order valence-electron chi connectivity index (χ4n) is 2.89. The maximum absolute atomic E-state index is 9.30. The molecule has 0 saturated carbocycles. The van der Waals surface area contributed by atoms with Crippen LogP contribution in [0.15, 0.2) is 29.3 Å². The largest absolute Gasteiger partial charge is 0.396 e. The standard InChI is InChI=1S/C18H28ClN3O2.HI/c1-2-20-17(21-9-6-15-4-3-5-16(19)12-15)22-13-18(7-10-23)8-11-24-14-18;/h3-5,12,23H,2,6-11,13-14H2,1H3,(H2,20,21,22);1H. The van der Waals surface area contributed by atoms with Crippen molar-refractivity contribution in [2.75, 3.05) is 39.5 Å². The number of nitrogens with zero attached hydrogens (tertiary/aromatic N) is 1. The molecule has 5 nitrogen and oxygen atoms in total. The minimum Gasteiger partial charge on any atom is -0.396 e. The molecule has 3 N–H and O–H groups in total. The smallest absolute Gasteiger partial charge is 0.191 e. The number of ether oxygens (including phenoxy) is 1. The molecule has 2 rings (SSSR count). The Balaban J connectivity index is 0.00000312. The van der Waals surface area contributed by atoms with Crippen LogP contribution in [0.1, 0.15) is 25.3 Å². The summed E-state index contributed by atoms with van der Waals surface area (Å²) < 4.78 is 5.52. The Hall–Kier alpha value is -0.570. The van der Waals surface area contributed by atoms with Gasteiger partial charge in [-0.05, 0) is 43.9 Å². The molecule has 1 aromatic carbocycles. The van der Waals surface area contributed by atoms with Crippen molar-refractivity contribution in [2.45, 2.75) is 26.2 Å². The molecular formula is C18H29ClIN3O2. The normalized spacial score (nSPS) is 20.2. The van der Waals surface area contributed by atoms with Crippen molar-refractivity contribution < 1.29 is 9.84 Å². The van der Waals surface area contributed by atoms with E-state index < -0.39 is 0 Å². The van der Waals surface area contributed by atoms with Gasteiger partial charge in [0.15, 0.2) is 5.96 Å². The predicted molar refractivity (Wildman–Crippen MR) is 114 cm³/mol. The first kappa shape index (κ1) is 22.5. The molecule has 0 aromatic heterocycles. The lowest BCUT2D eigenvalue weighted by Crippen LogP contribution is -2.39. The molecule has 0 aliphatic carbocycles. The summed E-state index contributed by atoms with van der Waals surface area (Å²) in [5.41, 5.74) is 1.18. The lowest BCUT2D eigenvalue weighted by molar-refractivity contribution is 0.131. The maximum atomic E-state index is 9.30. The average Bonchev–Trinajstić information content (AvgIpc) is 3.02. The van der Waals surface area contributed by atoms with E-state index in [9.17, 15) is 5.11 Å². The van der Waals surface area contributed by atoms with E-state index in [0.717, 1.165) is 49.9 Å². The van der Waals surface area contributed by atoms with Gasteiger partial charge in [0.25, 0.3) is 0 Å². The van der Waals surface area contributed by atoms with Crippen molar-refractivity contribution in [3.63, 3.8) is 0 Å². The molecule has 1 unspecified atom stereocenters. The van der Waals surface area contributed by atoms with Crippen molar-refractivity contribution >= 4 is 41.5 Å². The Labute approximate surface area is 172 Å². The van der Waals surface area contributed by atoms with Crippen LogP contribution in [0.4, 0.5) is 0 Å². The number of aliphatic hydroxyl groups is 1. The molecule has 0 amide bonds. The van der Waals surface area contributed by atoms with E-state index in [2.05, 4.69) is 23.6 Å². The highest BCUT2D eigenvalue weighted by molar-refractivity contribution is 14.0. The van der Waals surface area contributed by atoms with Crippen LogP contribution in [0.2, 0.25) is 5.02 Å². The maximum Gasteiger partial charge on any atom is 0.191 e. The quantitative estimate of drug-likeness (QED) is 0.303. The van der Waals surface area contributed by atoms with E-state index in [0.29, 0.717) is 13.2 Å². The first-order chi connectivity index (χ1) is 11.7. The molecule has 1 atom stereocenters. The number of hydrogen-bond acceptors (Lipinski definition) is 3. The zero-order valence-electron chi connectivity index (χ0n) is 14.8. The van der Waals surface area contributed by atoms with Crippen molar-refractivity contribution in [1.29, 1.82) is 0 Å². The summed E-state index contributed by atoms with van der Waals surface area (Å²) in [6.45, 7) is 5.93. The van der Waals surface area contributed by atoms with Crippen LogP contribution in [0.3, 0.4) is 0 Å². The van der Waals surface area contributed by atoms with E-state index in [1.54, 1.807) is 0 Å². The molecule has 1 saturated heterocycles. The van der Waals surface area contributed by atoms with E-state index in [1.165, 1.54) is 5.56 Å². The molecule has 0 radical (unpaired) electrons. The van der Waals surface area contributed by atoms with Crippen LogP contribution in [0, 0.1) is 5.41 Å². The highest BCUT2D eigenvalue weighted by Gasteiger charge is 2.34. The molecule has 1 heterocycles. The molecule has 1 aliphatic rings. The van der Waals surface area contributed by atoms with E-state index >= 15 is 0 Å². The summed E-state index contributed by atoms with van der Waals surface area (Å²) in [4.78, 5) is 4.71. The van der Waals surface area contributed by atoms with Crippen LogP contribution in [0.5, 0.6) is 0 Å². The molecular weight excluding hydrogens is 453 g/mol. The van der Waals surface area contributed by atoms with Gasteiger partial charge in [-0.3, -0.25) is 4.99 Å². The second-order valence-corrected chi connectivity index (χ2v) is 6.71. The Kier molecular flexibility index (Phi) is 10.7. The summed E-state index contributed by atoms with van der Waals surface area (Å²) in [6, 6.07) is 7.91. The monoisotopic (exact) mass is 481 g/mol. The van der Waals surface area contributed by atoms with E-state index in [4.69, 9.17) is 21.3 Å². The summed E-state index contributed by atoms with van der Waals surface area (Å²) in [7, 11) is 0. The van der Waals surface area contributed by atoms with Gasteiger partial charge in [-0.25, -0.2) is 0 Å². The van der Waals surface area contributed by atoms with Crippen LogP contribution < -0.4 is 10.6 Å². The lowest BCUT2D eigenvalue weighted by atomic mass is 9.84. The Morgan fingerprint density at radius 2 is 2.24 bits per heavy atom.